The molecule has 4 nitrogen and oxygen atoms in total. The summed E-state index contributed by atoms with van der Waals surface area (Å²) in [5.41, 5.74) is 2.19. The molecule has 0 aliphatic carbocycles. The molecule has 1 fully saturated rings. The first-order chi connectivity index (χ1) is 9.34. The maximum atomic E-state index is 11.9. The van der Waals surface area contributed by atoms with Gasteiger partial charge in [-0.3, -0.25) is 9.69 Å². The lowest BCUT2D eigenvalue weighted by atomic mass is 9.87. The van der Waals surface area contributed by atoms with Crippen LogP contribution in [0.4, 0.5) is 5.69 Å². The van der Waals surface area contributed by atoms with Gasteiger partial charge in [0, 0.05) is 18.8 Å². The van der Waals surface area contributed by atoms with Crippen LogP contribution in [0, 0.1) is 0 Å². The summed E-state index contributed by atoms with van der Waals surface area (Å²) in [6.07, 6.45) is 0.474. The van der Waals surface area contributed by atoms with Crippen LogP contribution in [-0.2, 0) is 10.2 Å². The van der Waals surface area contributed by atoms with Crippen LogP contribution in [0.2, 0.25) is 0 Å². The second-order valence-corrected chi connectivity index (χ2v) is 6.55. The van der Waals surface area contributed by atoms with E-state index in [1.165, 1.54) is 5.56 Å². The van der Waals surface area contributed by atoms with Gasteiger partial charge in [0.15, 0.2) is 0 Å². The lowest BCUT2D eigenvalue weighted by Gasteiger charge is -2.19. The van der Waals surface area contributed by atoms with Crippen LogP contribution in [0.25, 0.3) is 0 Å². The third kappa shape index (κ3) is 4.05. The fraction of sp³-hybridized carbons (Fsp3) is 0.562. The molecule has 0 radical (unpaired) electrons. The van der Waals surface area contributed by atoms with Crippen molar-refractivity contribution < 1.29 is 9.90 Å². The van der Waals surface area contributed by atoms with Gasteiger partial charge in [0.25, 0.3) is 0 Å². The quantitative estimate of drug-likeness (QED) is 0.887. The number of aliphatic hydroxyl groups is 1. The molecule has 2 rings (SSSR count). The number of carbonyl (C=O) groups is 1. The highest BCUT2D eigenvalue weighted by molar-refractivity contribution is 5.92. The van der Waals surface area contributed by atoms with E-state index in [9.17, 15) is 9.90 Å². The number of rotatable bonds is 3. The van der Waals surface area contributed by atoms with Crippen LogP contribution in [0.1, 0.15) is 32.8 Å². The fourth-order valence-electron chi connectivity index (χ4n) is 2.41. The van der Waals surface area contributed by atoms with Crippen molar-refractivity contribution in [1.82, 2.24) is 4.90 Å². The van der Waals surface area contributed by atoms with Gasteiger partial charge in [-0.05, 0) is 29.5 Å². The summed E-state index contributed by atoms with van der Waals surface area (Å²) >= 11 is 0. The van der Waals surface area contributed by atoms with Crippen molar-refractivity contribution in [3.05, 3.63) is 29.8 Å². The lowest BCUT2D eigenvalue weighted by Crippen LogP contribution is -2.32. The number of likely N-dealkylation sites (tertiary alicyclic amines) is 1. The van der Waals surface area contributed by atoms with Crippen molar-refractivity contribution in [3.8, 4) is 0 Å². The number of aliphatic hydroxyl groups excluding tert-OH is 1. The van der Waals surface area contributed by atoms with Crippen molar-refractivity contribution in [1.29, 1.82) is 0 Å². The number of hydrogen-bond donors (Lipinski definition) is 2. The monoisotopic (exact) mass is 276 g/mol. The van der Waals surface area contributed by atoms with E-state index in [2.05, 4.69) is 38.2 Å². The first-order valence-corrected chi connectivity index (χ1v) is 7.15. The molecule has 20 heavy (non-hydrogen) atoms. The van der Waals surface area contributed by atoms with Crippen molar-refractivity contribution in [2.75, 3.05) is 25.0 Å². The molecule has 2 N–H and O–H groups in total. The van der Waals surface area contributed by atoms with Crippen LogP contribution in [-0.4, -0.2) is 41.7 Å². The van der Waals surface area contributed by atoms with Crippen LogP contribution < -0.4 is 5.32 Å². The molecule has 1 atom stereocenters. The Morgan fingerprint density at radius 2 is 2.00 bits per heavy atom. The molecule has 1 aliphatic heterocycles. The third-order valence-corrected chi connectivity index (χ3v) is 3.65. The summed E-state index contributed by atoms with van der Waals surface area (Å²) in [6, 6.07) is 7.99. The van der Waals surface area contributed by atoms with Gasteiger partial charge in [-0.2, -0.15) is 0 Å². The minimum atomic E-state index is -0.283. The van der Waals surface area contributed by atoms with E-state index in [1.807, 2.05) is 17.0 Å². The zero-order valence-corrected chi connectivity index (χ0v) is 12.5. The van der Waals surface area contributed by atoms with Crippen molar-refractivity contribution >= 4 is 11.6 Å². The molecule has 1 aromatic carbocycles. The minimum Gasteiger partial charge on any atom is -0.392 e. The Bertz CT molecular complexity index is 462. The Morgan fingerprint density at radius 3 is 2.50 bits per heavy atom. The zero-order valence-electron chi connectivity index (χ0n) is 12.5. The molecule has 4 heteroatoms. The van der Waals surface area contributed by atoms with E-state index in [0.29, 0.717) is 13.1 Å². The average Bonchev–Trinajstić information content (AvgIpc) is 2.74. The van der Waals surface area contributed by atoms with Gasteiger partial charge < -0.3 is 10.4 Å². The van der Waals surface area contributed by atoms with Gasteiger partial charge in [-0.1, -0.05) is 32.9 Å². The van der Waals surface area contributed by atoms with Crippen molar-refractivity contribution in [2.45, 2.75) is 38.7 Å². The second kappa shape index (κ2) is 5.94. The highest BCUT2D eigenvalue weighted by Crippen LogP contribution is 2.23. The molecule has 0 aromatic heterocycles. The van der Waals surface area contributed by atoms with Crippen LogP contribution in [0.15, 0.2) is 24.3 Å². The van der Waals surface area contributed by atoms with Crippen LogP contribution >= 0.6 is 0 Å². The normalized spacial score (nSPS) is 20.1. The van der Waals surface area contributed by atoms with Gasteiger partial charge in [0.05, 0.1) is 12.6 Å². The summed E-state index contributed by atoms with van der Waals surface area (Å²) in [6.45, 7) is 8.23. The average molecular weight is 276 g/mol. The topological polar surface area (TPSA) is 52.6 Å². The van der Waals surface area contributed by atoms with Gasteiger partial charge in [0.2, 0.25) is 5.91 Å². The van der Waals surface area contributed by atoms with Crippen molar-refractivity contribution in [3.63, 3.8) is 0 Å². The molecule has 0 spiro atoms. The second-order valence-electron chi connectivity index (χ2n) is 6.55. The minimum absolute atomic E-state index is 0.0254. The summed E-state index contributed by atoms with van der Waals surface area (Å²) in [4.78, 5) is 13.9. The molecule has 1 heterocycles. The van der Waals surface area contributed by atoms with E-state index in [-0.39, 0.29) is 17.4 Å². The largest absolute Gasteiger partial charge is 0.392 e. The Kier molecular flexibility index (Phi) is 4.45. The lowest BCUT2D eigenvalue weighted by molar-refractivity contribution is -0.117. The van der Waals surface area contributed by atoms with E-state index in [0.717, 1.165) is 18.7 Å². The van der Waals surface area contributed by atoms with Gasteiger partial charge in [-0.15, -0.1) is 0 Å². The molecule has 1 aromatic rings. The number of carbonyl (C=O) groups excluding carboxylic acids is 1. The fourth-order valence-corrected chi connectivity index (χ4v) is 2.41. The molecule has 0 saturated carbocycles. The van der Waals surface area contributed by atoms with E-state index in [4.69, 9.17) is 0 Å². The maximum Gasteiger partial charge on any atom is 0.238 e. The van der Waals surface area contributed by atoms with E-state index < -0.39 is 0 Å². The van der Waals surface area contributed by atoms with E-state index >= 15 is 0 Å². The Hall–Kier alpha value is -1.39. The summed E-state index contributed by atoms with van der Waals surface area (Å²) in [5.74, 6) is -0.0254. The summed E-state index contributed by atoms with van der Waals surface area (Å²) < 4.78 is 0. The number of nitrogens with one attached hydrogen (secondary N) is 1. The summed E-state index contributed by atoms with van der Waals surface area (Å²) in [5, 5.41) is 12.3. The number of nitrogens with zero attached hydrogens (tertiary/aromatic N) is 1. The standard InChI is InChI=1S/C16H24N2O2/c1-16(2,3)12-4-6-13(7-5-12)17-15(20)11-18-9-8-14(19)10-18/h4-7,14,19H,8-11H2,1-3H3,(H,17,20)/t14-/m0/s1. The highest BCUT2D eigenvalue weighted by Gasteiger charge is 2.22. The zero-order chi connectivity index (χ0) is 14.8. The number of anilines is 1. The Balaban J connectivity index is 1.88. The molecule has 1 saturated heterocycles. The molecule has 0 bridgehead atoms. The predicted octanol–water partition coefficient (Wildman–Crippen LogP) is 1.99. The number of amides is 1. The first kappa shape index (κ1) is 15.0. The maximum absolute atomic E-state index is 11.9. The third-order valence-electron chi connectivity index (χ3n) is 3.65. The number of hydrogen-bond acceptors (Lipinski definition) is 3. The molecular formula is C16H24N2O2. The van der Waals surface area contributed by atoms with Crippen LogP contribution in [0.3, 0.4) is 0 Å². The molecule has 110 valence electrons. The molecule has 1 amide bonds. The summed E-state index contributed by atoms with van der Waals surface area (Å²) in [7, 11) is 0. The Morgan fingerprint density at radius 1 is 1.35 bits per heavy atom. The predicted molar refractivity (Wildman–Crippen MR) is 80.8 cm³/mol. The number of β-amino-alcohol motifs (C(OH)–C–C–N with tert-alkyl or cyclic N) is 1. The Labute approximate surface area is 120 Å². The smallest absolute Gasteiger partial charge is 0.238 e. The molecule has 1 aliphatic rings. The number of benzene rings is 1. The molecular weight excluding hydrogens is 252 g/mol. The SMILES string of the molecule is CC(C)(C)c1ccc(NC(=O)CN2CC[C@H](O)C2)cc1. The highest BCUT2D eigenvalue weighted by atomic mass is 16.3. The first-order valence-electron chi connectivity index (χ1n) is 7.15. The van der Waals surface area contributed by atoms with Crippen LogP contribution in [0.5, 0.6) is 0 Å². The van der Waals surface area contributed by atoms with Crippen molar-refractivity contribution in [2.24, 2.45) is 0 Å². The molecule has 0 unspecified atom stereocenters. The van der Waals surface area contributed by atoms with E-state index in [1.54, 1.807) is 0 Å². The van der Waals surface area contributed by atoms with Gasteiger partial charge >= 0.3 is 0 Å². The van der Waals surface area contributed by atoms with Gasteiger partial charge in [-0.25, -0.2) is 0 Å². The van der Waals surface area contributed by atoms with Gasteiger partial charge in [0.1, 0.15) is 0 Å².